The second-order valence-corrected chi connectivity index (χ2v) is 4.62. The Hall–Kier alpha value is -1.47. The topological polar surface area (TPSA) is 105 Å². The fourth-order valence-electron chi connectivity index (χ4n) is 1.62. The smallest absolute Gasteiger partial charge is 0.247 e. The lowest BCUT2D eigenvalue weighted by atomic mass is 10.1. The van der Waals surface area contributed by atoms with Gasteiger partial charge >= 0.3 is 0 Å². The van der Waals surface area contributed by atoms with Gasteiger partial charge in [0.25, 0.3) is 0 Å². The molecule has 3 unspecified atom stereocenters. The van der Waals surface area contributed by atoms with Crippen LogP contribution in [0.3, 0.4) is 0 Å². The number of ether oxygens (including phenoxy) is 1. The van der Waals surface area contributed by atoms with Crippen LogP contribution < -0.4 is 11.1 Å². The second kappa shape index (κ2) is 8.65. The molecule has 20 heavy (non-hydrogen) atoms. The van der Waals surface area contributed by atoms with E-state index in [1.165, 1.54) is 0 Å². The van der Waals surface area contributed by atoms with Crippen LogP contribution in [0.4, 0.5) is 0 Å². The molecule has 0 bridgehead atoms. The van der Waals surface area contributed by atoms with E-state index in [4.69, 9.17) is 15.6 Å². The first-order chi connectivity index (χ1) is 9.50. The minimum absolute atomic E-state index is 0.0145. The molecule has 5 N–H and O–H groups in total. The number of carbonyl (C=O) groups is 1. The van der Waals surface area contributed by atoms with E-state index in [0.29, 0.717) is 0 Å². The molecule has 112 valence electrons. The molecule has 0 aliphatic heterocycles. The van der Waals surface area contributed by atoms with E-state index < -0.39 is 18.1 Å². The molecule has 1 aromatic carbocycles. The molecule has 1 amide bonds. The third-order valence-corrected chi connectivity index (χ3v) is 2.85. The van der Waals surface area contributed by atoms with Crippen molar-refractivity contribution >= 4 is 5.91 Å². The molecular formula is C14H22N2O4. The van der Waals surface area contributed by atoms with Crippen molar-refractivity contribution in [3.05, 3.63) is 35.9 Å². The second-order valence-electron chi connectivity index (χ2n) is 4.62. The van der Waals surface area contributed by atoms with Gasteiger partial charge in [0, 0.05) is 13.1 Å². The number of aliphatic hydroxyl groups is 2. The molecule has 3 atom stereocenters. The Morgan fingerprint density at radius 3 is 2.55 bits per heavy atom. The van der Waals surface area contributed by atoms with Crippen molar-refractivity contribution in [1.82, 2.24) is 5.32 Å². The lowest BCUT2D eigenvalue weighted by Crippen LogP contribution is -2.41. The van der Waals surface area contributed by atoms with E-state index in [1.807, 2.05) is 37.3 Å². The summed E-state index contributed by atoms with van der Waals surface area (Å²) in [6.07, 6.45) is -2.07. The molecule has 6 heteroatoms. The maximum Gasteiger partial charge on any atom is 0.247 e. The number of nitrogens with two attached hydrogens (primary N) is 1. The van der Waals surface area contributed by atoms with E-state index >= 15 is 0 Å². The number of benzene rings is 1. The van der Waals surface area contributed by atoms with Gasteiger partial charge in [0.2, 0.25) is 5.91 Å². The Morgan fingerprint density at radius 1 is 1.30 bits per heavy atom. The van der Waals surface area contributed by atoms with Crippen molar-refractivity contribution < 1.29 is 19.7 Å². The average molecular weight is 282 g/mol. The Kier molecular flexibility index (Phi) is 7.17. The molecule has 0 fully saturated rings. The number of nitrogens with one attached hydrogen (secondary N) is 1. The van der Waals surface area contributed by atoms with Crippen molar-refractivity contribution in [2.24, 2.45) is 5.73 Å². The number of rotatable bonds is 9. The van der Waals surface area contributed by atoms with Gasteiger partial charge in [0.05, 0.1) is 18.8 Å². The molecule has 0 saturated heterocycles. The van der Waals surface area contributed by atoms with Gasteiger partial charge in [-0.3, -0.25) is 4.79 Å². The Labute approximate surface area is 118 Å². The normalized spacial score (nSPS) is 15.6. The Bertz CT molecular complexity index is 399. The fraction of sp³-hybridized carbons (Fsp3) is 0.500. The van der Waals surface area contributed by atoms with Gasteiger partial charge in [-0.25, -0.2) is 0 Å². The predicted octanol–water partition coefficient (Wildman–Crippen LogP) is -0.439. The summed E-state index contributed by atoms with van der Waals surface area (Å²) in [4.78, 5) is 10.6. The molecule has 0 spiro atoms. The van der Waals surface area contributed by atoms with E-state index in [9.17, 15) is 9.90 Å². The van der Waals surface area contributed by atoms with Crippen LogP contribution in [0.1, 0.15) is 18.6 Å². The van der Waals surface area contributed by atoms with Crippen LogP contribution in [0.2, 0.25) is 0 Å². The first-order valence-corrected chi connectivity index (χ1v) is 6.53. The van der Waals surface area contributed by atoms with Crippen LogP contribution >= 0.6 is 0 Å². The fourth-order valence-corrected chi connectivity index (χ4v) is 1.62. The average Bonchev–Trinajstić information content (AvgIpc) is 2.45. The number of amides is 1. The highest BCUT2D eigenvalue weighted by Crippen LogP contribution is 2.15. The van der Waals surface area contributed by atoms with Crippen LogP contribution in [0.25, 0.3) is 0 Å². The van der Waals surface area contributed by atoms with E-state index in [2.05, 4.69) is 5.32 Å². The lowest BCUT2D eigenvalue weighted by molar-refractivity contribution is -0.125. The Morgan fingerprint density at radius 2 is 1.95 bits per heavy atom. The van der Waals surface area contributed by atoms with Gasteiger partial charge in [0.1, 0.15) is 6.10 Å². The number of carbonyl (C=O) groups excluding carboxylic acids is 1. The molecular weight excluding hydrogens is 260 g/mol. The van der Waals surface area contributed by atoms with Crippen molar-refractivity contribution in [1.29, 1.82) is 0 Å². The molecule has 0 aromatic heterocycles. The largest absolute Gasteiger partial charge is 0.389 e. The number of hydrogen-bond acceptors (Lipinski definition) is 5. The van der Waals surface area contributed by atoms with E-state index in [0.717, 1.165) is 5.56 Å². The summed E-state index contributed by atoms with van der Waals surface area (Å²) in [5, 5.41) is 21.6. The van der Waals surface area contributed by atoms with Crippen LogP contribution in [-0.4, -0.2) is 48.0 Å². The maximum atomic E-state index is 10.6. The molecule has 1 aromatic rings. The highest BCUT2D eigenvalue weighted by Gasteiger charge is 2.12. The predicted molar refractivity (Wildman–Crippen MR) is 74.9 cm³/mol. The summed E-state index contributed by atoms with van der Waals surface area (Å²) < 4.78 is 5.55. The van der Waals surface area contributed by atoms with Gasteiger partial charge in [0.15, 0.2) is 0 Å². The van der Waals surface area contributed by atoms with E-state index in [-0.39, 0.29) is 25.8 Å². The zero-order valence-corrected chi connectivity index (χ0v) is 11.5. The summed E-state index contributed by atoms with van der Waals surface area (Å²) in [7, 11) is 0. The monoisotopic (exact) mass is 282 g/mol. The molecule has 6 nitrogen and oxygen atoms in total. The van der Waals surface area contributed by atoms with Gasteiger partial charge < -0.3 is 26.0 Å². The third-order valence-electron chi connectivity index (χ3n) is 2.85. The SMILES string of the molecule is CC(OCC(O)CNCC(O)C(N)=O)c1ccccc1. The zero-order chi connectivity index (χ0) is 15.0. The van der Waals surface area contributed by atoms with Gasteiger partial charge in [-0.1, -0.05) is 30.3 Å². The van der Waals surface area contributed by atoms with E-state index in [1.54, 1.807) is 0 Å². The summed E-state index contributed by atoms with van der Waals surface area (Å²) in [5.41, 5.74) is 5.94. The first-order valence-electron chi connectivity index (χ1n) is 6.53. The summed E-state index contributed by atoms with van der Waals surface area (Å²) >= 11 is 0. The lowest BCUT2D eigenvalue weighted by Gasteiger charge is -2.17. The minimum atomic E-state index is -1.24. The maximum absolute atomic E-state index is 10.6. The first kappa shape index (κ1) is 16.6. The molecule has 0 saturated carbocycles. The van der Waals surface area contributed by atoms with Crippen molar-refractivity contribution in [3.8, 4) is 0 Å². The molecule has 0 heterocycles. The number of aliphatic hydroxyl groups excluding tert-OH is 2. The van der Waals surface area contributed by atoms with Crippen LogP contribution in [0.5, 0.6) is 0 Å². The number of hydrogen-bond donors (Lipinski definition) is 4. The quantitative estimate of drug-likeness (QED) is 0.491. The van der Waals surface area contributed by atoms with Gasteiger partial charge in [-0.05, 0) is 12.5 Å². The summed E-state index contributed by atoms with van der Waals surface area (Å²) in [6, 6.07) is 9.70. The van der Waals surface area contributed by atoms with Crippen LogP contribution in [0.15, 0.2) is 30.3 Å². The van der Waals surface area contributed by atoms with Crippen molar-refractivity contribution in [3.63, 3.8) is 0 Å². The van der Waals surface area contributed by atoms with Gasteiger partial charge in [-0.15, -0.1) is 0 Å². The van der Waals surface area contributed by atoms with Crippen molar-refractivity contribution in [2.45, 2.75) is 25.2 Å². The molecule has 1 rings (SSSR count). The standard InChI is InChI=1S/C14H22N2O4/c1-10(11-5-3-2-4-6-11)20-9-12(17)7-16-8-13(18)14(15)19/h2-6,10,12-13,16-18H,7-9H2,1H3,(H2,15,19). The number of primary amides is 1. The van der Waals surface area contributed by atoms with Crippen LogP contribution in [-0.2, 0) is 9.53 Å². The van der Waals surface area contributed by atoms with Crippen LogP contribution in [0, 0.1) is 0 Å². The van der Waals surface area contributed by atoms with Crippen molar-refractivity contribution in [2.75, 3.05) is 19.7 Å². The summed E-state index contributed by atoms with van der Waals surface area (Å²) in [5.74, 6) is -0.791. The summed E-state index contributed by atoms with van der Waals surface area (Å²) in [6.45, 7) is 2.30. The molecule has 0 aliphatic carbocycles. The third kappa shape index (κ3) is 6.12. The zero-order valence-electron chi connectivity index (χ0n) is 11.5. The highest BCUT2D eigenvalue weighted by molar-refractivity contribution is 5.78. The molecule has 0 aliphatic rings. The van der Waals surface area contributed by atoms with Gasteiger partial charge in [-0.2, -0.15) is 0 Å². The Balaban J connectivity index is 2.20. The minimum Gasteiger partial charge on any atom is -0.389 e. The highest BCUT2D eigenvalue weighted by atomic mass is 16.5. The molecule has 0 radical (unpaired) electrons.